The number of benzene rings is 1. The molecule has 0 amide bonds. The molecular weight excluding hydrogens is 152 g/mol. The average molecular weight is 163 g/mol. The molecule has 12 heavy (non-hydrogen) atoms. The van der Waals surface area contributed by atoms with Crippen molar-refractivity contribution < 1.29 is 9.53 Å². The molecule has 0 saturated heterocycles. The quantitative estimate of drug-likeness (QED) is 0.634. The molecule has 0 atom stereocenters. The highest BCUT2D eigenvalue weighted by Gasteiger charge is 1.99. The second-order valence-corrected chi connectivity index (χ2v) is 2.50. The first kappa shape index (κ1) is 8.94. The van der Waals surface area contributed by atoms with Crippen LogP contribution in [0.1, 0.15) is 12.5 Å². The van der Waals surface area contributed by atoms with Crippen molar-refractivity contribution in [3.63, 3.8) is 0 Å². The van der Waals surface area contributed by atoms with Crippen LogP contribution in [0.4, 0.5) is 0 Å². The van der Waals surface area contributed by atoms with Crippen molar-refractivity contribution in [1.82, 2.24) is 0 Å². The third-order valence-corrected chi connectivity index (χ3v) is 1.48. The summed E-state index contributed by atoms with van der Waals surface area (Å²) in [6, 6.07) is 9.74. The van der Waals surface area contributed by atoms with Crippen LogP contribution in [0.5, 0.6) is 0 Å². The van der Waals surface area contributed by atoms with Gasteiger partial charge in [-0.15, -0.1) is 0 Å². The highest BCUT2D eigenvalue weighted by Crippen LogP contribution is 2.04. The Balaban J connectivity index is 2.38. The van der Waals surface area contributed by atoms with Crippen molar-refractivity contribution in [2.75, 3.05) is 0 Å². The third-order valence-electron chi connectivity index (χ3n) is 1.48. The standard InChI is InChI=1S/C10H11O2/c1-9(7-11)12-8-10-5-3-2-4-6-10/h2-7H,8H2,1H3. The number of carbonyl (C=O) groups excluding carboxylic acids is 1. The van der Waals surface area contributed by atoms with Crippen molar-refractivity contribution in [3.05, 3.63) is 42.0 Å². The molecule has 1 aromatic carbocycles. The molecule has 0 bridgehead atoms. The molecule has 0 saturated carbocycles. The maximum absolute atomic E-state index is 10.2. The molecule has 63 valence electrons. The van der Waals surface area contributed by atoms with Gasteiger partial charge in [0, 0.05) is 0 Å². The van der Waals surface area contributed by atoms with E-state index < -0.39 is 0 Å². The fourth-order valence-corrected chi connectivity index (χ4v) is 0.805. The number of hydrogen-bond donors (Lipinski definition) is 0. The SMILES string of the molecule is C[C](C=O)OCc1ccccc1. The molecule has 0 N–H and O–H groups in total. The Kier molecular flexibility index (Phi) is 3.48. The van der Waals surface area contributed by atoms with Gasteiger partial charge in [0.15, 0.2) is 12.4 Å². The molecule has 0 heterocycles. The van der Waals surface area contributed by atoms with Gasteiger partial charge in [-0.05, 0) is 12.5 Å². The molecule has 1 rings (SSSR count). The lowest BCUT2D eigenvalue weighted by molar-refractivity contribution is -0.111. The number of ether oxygens (including phenoxy) is 1. The minimum absolute atomic E-state index is 0.416. The molecular formula is C10H11O2. The minimum Gasteiger partial charge on any atom is -0.360 e. The Morgan fingerprint density at radius 3 is 2.67 bits per heavy atom. The van der Waals surface area contributed by atoms with Crippen LogP contribution in [0.25, 0.3) is 0 Å². The van der Waals surface area contributed by atoms with Gasteiger partial charge < -0.3 is 9.53 Å². The fourth-order valence-electron chi connectivity index (χ4n) is 0.805. The zero-order valence-electron chi connectivity index (χ0n) is 6.99. The van der Waals surface area contributed by atoms with E-state index >= 15 is 0 Å². The molecule has 0 aliphatic rings. The van der Waals surface area contributed by atoms with Gasteiger partial charge in [0.25, 0.3) is 0 Å². The maximum atomic E-state index is 10.2. The van der Waals surface area contributed by atoms with Gasteiger partial charge in [0.2, 0.25) is 0 Å². The number of aldehydes is 1. The summed E-state index contributed by atoms with van der Waals surface area (Å²) in [5.41, 5.74) is 1.07. The van der Waals surface area contributed by atoms with Crippen LogP contribution in [-0.4, -0.2) is 6.29 Å². The van der Waals surface area contributed by atoms with Crippen LogP contribution in [0.2, 0.25) is 0 Å². The summed E-state index contributed by atoms with van der Waals surface area (Å²) in [5, 5.41) is 0. The minimum atomic E-state index is 0.416. The fraction of sp³-hybridized carbons (Fsp3) is 0.200. The van der Waals surface area contributed by atoms with Gasteiger partial charge in [0.05, 0.1) is 6.61 Å². The lowest BCUT2D eigenvalue weighted by Crippen LogP contribution is -1.99. The lowest BCUT2D eigenvalue weighted by atomic mass is 10.2. The number of rotatable bonds is 4. The van der Waals surface area contributed by atoms with Crippen LogP contribution in [0.15, 0.2) is 30.3 Å². The smallest absolute Gasteiger partial charge is 0.156 e. The summed E-state index contributed by atoms with van der Waals surface area (Å²) >= 11 is 0. The van der Waals surface area contributed by atoms with Crippen molar-refractivity contribution in [3.8, 4) is 0 Å². The molecule has 0 fully saturated rings. The normalized spacial score (nSPS) is 10.2. The van der Waals surface area contributed by atoms with E-state index in [4.69, 9.17) is 4.74 Å². The number of hydrogen-bond acceptors (Lipinski definition) is 2. The van der Waals surface area contributed by atoms with Gasteiger partial charge >= 0.3 is 0 Å². The molecule has 0 unspecified atom stereocenters. The maximum Gasteiger partial charge on any atom is 0.156 e. The van der Waals surface area contributed by atoms with E-state index in [1.807, 2.05) is 30.3 Å². The topological polar surface area (TPSA) is 26.3 Å². The Morgan fingerprint density at radius 2 is 2.08 bits per heavy atom. The van der Waals surface area contributed by atoms with E-state index in [1.165, 1.54) is 0 Å². The third kappa shape index (κ3) is 2.84. The molecule has 0 aliphatic heterocycles. The summed E-state index contributed by atoms with van der Waals surface area (Å²) < 4.78 is 5.13. The van der Waals surface area contributed by atoms with Gasteiger partial charge in [-0.1, -0.05) is 30.3 Å². The molecule has 0 aromatic heterocycles. The van der Waals surface area contributed by atoms with E-state index in [0.717, 1.165) is 5.56 Å². The van der Waals surface area contributed by atoms with Gasteiger partial charge in [0.1, 0.15) is 0 Å². The number of carbonyl (C=O) groups is 1. The highest BCUT2D eigenvalue weighted by atomic mass is 16.5. The van der Waals surface area contributed by atoms with Crippen molar-refractivity contribution in [1.29, 1.82) is 0 Å². The van der Waals surface area contributed by atoms with Crippen molar-refractivity contribution in [2.45, 2.75) is 13.5 Å². The van der Waals surface area contributed by atoms with E-state index in [-0.39, 0.29) is 0 Å². The van der Waals surface area contributed by atoms with Gasteiger partial charge in [-0.25, -0.2) is 0 Å². The molecule has 2 nitrogen and oxygen atoms in total. The Bertz CT molecular complexity index is 231. The first-order valence-corrected chi connectivity index (χ1v) is 3.78. The van der Waals surface area contributed by atoms with Crippen molar-refractivity contribution >= 4 is 6.29 Å². The monoisotopic (exact) mass is 163 g/mol. The van der Waals surface area contributed by atoms with E-state index in [9.17, 15) is 4.79 Å². The zero-order valence-corrected chi connectivity index (χ0v) is 6.99. The molecule has 2 heteroatoms. The molecule has 1 radical (unpaired) electrons. The van der Waals surface area contributed by atoms with Gasteiger partial charge in [-0.2, -0.15) is 0 Å². The summed E-state index contributed by atoms with van der Waals surface area (Å²) in [5.74, 6) is 0. The molecule has 0 aliphatic carbocycles. The van der Waals surface area contributed by atoms with Crippen LogP contribution < -0.4 is 0 Å². The second-order valence-electron chi connectivity index (χ2n) is 2.50. The van der Waals surface area contributed by atoms with E-state index in [1.54, 1.807) is 6.92 Å². The zero-order chi connectivity index (χ0) is 8.81. The summed E-state index contributed by atoms with van der Waals surface area (Å²) in [6.45, 7) is 2.11. The average Bonchev–Trinajstić information content (AvgIpc) is 2.16. The lowest BCUT2D eigenvalue weighted by Gasteiger charge is -2.04. The van der Waals surface area contributed by atoms with Gasteiger partial charge in [-0.3, -0.25) is 0 Å². The Hall–Kier alpha value is -1.15. The largest absolute Gasteiger partial charge is 0.360 e. The Labute approximate surface area is 72.2 Å². The van der Waals surface area contributed by atoms with Crippen LogP contribution in [0.3, 0.4) is 0 Å². The van der Waals surface area contributed by atoms with Crippen LogP contribution in [0, 0.1) is 6.10 Å². The van der Waals surface area contributed by atoms with Crippen LogP contribution >= 0.6 is 0 Å². The van der Waals surface area contributed by atoms with E-state index in [2.05, 4.69) is 0 Å². The van der Waals surface area contributed by atoms with Crippen LogP contribution in [-0.2, 0) is 16.1 Å². The molecule has 1 aromatic rings. The summed E-state index contributed by atoms with van der Waals surface area (Å²) in [4.78, 5) is 10.2. The second kappa shape index (κ2) is 4.67. The first-order valence-electron chi connectivity index (χ1n) is 3.78. The molecule has 0 spiro atoms. The van der Waals surface area contributed by atoms with Crippen molar-refractivity contribution in [2.24, 2.45) is 0 Å². The van der Waals surface area contributed by atoms with E-state index in [0.29, 0.717) is 19.0 Å². The predicted octanol–water partition coefficient (Wildman–Crippen LogP) is 1.95. The predicted molar refractivity (Wildman–Crippen MR) is 46.2 cm³/mol. The summed E-state index contributed by atoms with van der Waals surface area (Å²) in [7, 11) is 0. The first-order chi connectivity index (χ1) is 5.83. The Morgan fingerprint density at radius 1 is 1.42 bits per heavy atom. The summed E-state index contributed by atoms with van der Waals surface area (Å²) in [6.07, 6.45) is 1.13. The highest BCUT2D eigenvalue weighted by molar-refractivity contribution is 5.64.